The monoisotopic (exact) mass is 471 g/mol. The molecule has 0 atom stereocenters. The number of para-hydroxylation sites is 1. The van der Waals surface area contributed by atoms with E-state index in [2.05, 4.69) is 10.5 Å². The number of benzene rings is 2. The average molecular weight is 472 g/mol. The highest BCUT2D eigenvalue weighted by molar-refractivity contribution is 7.92. The van der Waals surface area contributed by atoms with Gasteiger partial charge >= 0.3 is 5.97 Å². The second kappa shape index (κ2) is 10.8. The van der Waals surface area contributed by atoms with E-state index in [0.29, 0.717) is 24.4 Å². The maximum Gasteiger partial charge on any atom is 0.338 e. The third kappa shape index (κ3) is 6.19. The average Bonchev–Trinajstić information content (AvgIpc) is 3.22. The van der Waals surface area contributed by atoms with E-state index in [1.165, 1.54) is 34.6 Å². The highest BCUT2D eigenvalue weighted by Gasteiger charge is 2.25. The van der Waals surface area contributed by atoms with E-state index in [1.807, 2.05) is 13.0 Å². The standard InChI is InChI=1S/C23H25N3O6S/c1-3-4-13-26(19-10-6-5-7-11-19)33(29,30)20-12-8-9-18(15-20)23(28)31-16-22(27)24-21-14-17(2)32-25-21/h5-12,14-15H,3-4,13,16H2,1-2H3,(H,24,25,27). The summed E-state index contributed by atoms with van der Waals surface area (Å²) in [6, 6.07) is 15.9. The van der Waals surface area contributed by atoms with Gasteiger partial charge in [0.15, 0.2) is 12.4 Å². The number of ether oxygens (including phenoxy) is 1. The van der Waals surface area contributed by atoms with Gasteiger partial charge < -0.3 is 14.6 Å². The molecule has 1 heterocycles. The number of hydrogen-bond donors (Lipinski definition) is 1. The molecule has 33 heavy (non-hydrogen) atoms. The Bertz CT molecular complexity index is 1210. The smallest absolute Gasteiger partial charge is 0.338 e. The Kier molecular flexibility index (Phi) is 7.83. The molecule has 0 fully saturated rings. The van der Waals surface area contributed by atoms with Crippen molar-refractivity contribution < 1.29 is 27.3 Å². The largest absolute Gasteiger partial charge is 0.452 e. The van der Waals surface area contributed by atoms with Crippen molar-refractivity contribution in [3.63, 3.8) is 0 Å². The van der Waals surface area contributed by atoms with Gasteiger partial charge in [0.25, 0.3) is 15.9 Å². The normalized spacial score (nSPS) is 11.1. The van der Waals surface area contributed by atoms with Crippen molar-refractivity contribution in [2.75, 3.05) is 22.8 Å². The zero-order chi connectivity index (χ0) is 23.8. The number of nitrogens with zero attached hydrogens (tertiary/aromatic N) is 2. The number of amides is 1. The van der Waals surface area contributed by atoms with Crippen LogP contribution in [0.15, 0.2) is 70.1 Å². The van der Waals surface area contributed by atoms with Crippen LogP contribution in [0.25, 0.3) is 0 Å². The number of sulfonamides is 1. The number of rotatable bonds is 10. The minimum Gasteiger partial charge on any atom is -0.452 e. The summed E-state index contributed by atoms with van der Waals surface area (Å²) >= 11 is 0. The number of aryl methyl sites for hydroxylation is 1. The maximum absolute atomic E-state index is 13.4. The Morgan fingerprint density at radius 2 is 1.85 bits per heavy atom. The second-order valence-corrected chi connectivity index (χ2v) is 9.10. The summed E-state index contributed by atoms with van der Waals surface area (Å²) < 4.78 is 38.0. The number of carbonyl (C=O) groups excluding carboxylic acids is 2. The van der Waals surface area contributed by atoms with Gasteiger partial charge in [0.05, 0.1) is 16.1 Å². The van der Waals surface area contributed by atoms with E-state index in [0.717, 1.165) is 6.42 Å². The molecule has 0 aliphatic heterocycles. The first-order valence-corrected chi connectivity index (χ1v) is 11.8. The number of hydrogen-bond acceptors (Lipinski definition) is 7. The van der Waals surface area contributed by atoms with Gasteiger partial charge in [0, 0.05) is 12.6 Å². The molecular formula is C23H25N3O6S. The highest BCUT2D eigenvalue weighted by atomic mass is 32.2. The van der Waals surface area contributed by atoms with Gasteiger partial charge in [-0.1, -0.05) is 42.8 Å². The fraction of sp³-hybridized carbons (Fsp3) is 0.261. The van der Waals surface area contributed by atoms with E-state index in [9.17, 15) is 18.0 Å². The first-order valence-electron chi connectivity index (χ1n) is 10.4. The molecule has 0 saturated carbocycles. The first kappa shape index (κ1) is 24.0. The lowest BCUT2D eigenvalue weighted by molar-refractivity contribution is -0.119. The van der Waals surface area contributed by atoms with Crippen molar-refractivity contribution in [1.29, 1.82) is 0 Å². The minimum absolute atomic E-state index is 0.0182. The Morgan fingerprint density at radius 1 is 1.09 bits per heavy atom. The van der Waals surface area contributed by atoms with Crippen LogP contribution in [-0.2, 0) is 19.6 Å². The lowest BCUT2D eigenvalue weighted by Gasteiger charge is -2.24. The highest BCUT2D eigenvalue weighted by Crippen LogP contribution is 2.25. The number of carbonyl (C=O) groups is 2. The van der Waals surface area contributed by atoms with Gasteiger partial charge in [0.2, 0.25) is 0 Å². The van der Waals surface area contributed by atoms with Crippen molar-refractivity contribution in [3.05, 3.63) is 72.0 Å². The molecule has 1 N–H and O–H groups in total. The van der Waals surface area contributed by atoms with Gasteiger partial charge in [-0.05, 0) is 43.7 Å². The molecule has 0 aliphatic carbocycles. The molecule has 1 aromatic heterocycles. The van der Waals surface area contributed by atoms with Crippen LogP contribution in [0.2, 0.25) is 0 Å². The van der Waals surface area contributed by atoms with Gasteiger partial charge in [-0.2, -0.15) is 0 Å². The summed E-state index contributed by atoms with van der Waals surface area (Å²) in [7, 11) is -3.92. The summed E-state index contributed by atoms with van der Waals surface area (Å²) in [6.07, 6.45) is 1.50. The molecule has 3 rings (SSSR count). The van der Waals surface area contributed by atoms with Crippen LogP contribution in [-0.4, -0.2) is 38.6 Å². The third-order valence-corrected chi connectivity index (χ3v) is 6.47. The van der Waals surface area contributed by atoms with E-state index >= 15 is 0 Å². The lowest BCUT2D eigenvalue weighted by Crippen LogP contribution is -2.32. The van der Waals surface area contributed by atoms with Crippen molar-refractivity contribution in [1.82, 2.24) is 5.16 Å². The van der Waals surface area contributed by atoms with E-state index in [-0.39, 0.29) is 16.3 Å². The van der Waals surface area contributed by atoms with Crippen LogP contribution in [0.1, 0.15) is 35.9 Å². The van der Waals surface area contributed by atoms with Gasteiger partial charge in [-0.3, -0.25) is 9.10 Å². The predicted molar refractivity (Wildman–Crippen MR) is 122 cm³/mol. The minimum atomic E-state index is -3.92. The van der Waals surface area contributed by atoms with Gasteiger partial charge in [-0.15, -0.1) is 0 Å². The van der Waals surface area contributed by atoms with Crippen LogP contribution >= 0.6 is 0 Å². The number of aromatic nitrogens is 1. The Morgan fingerprint density at radius 3 is 2.52 bits per heavy atom. The van der Waals surface area contributed by atoms with Gasteiger partial charge in [-0.25, -0.2) is 13.2 Å². The second-order valence-electron chi connectivity index (χ2n) is 7.24. The molecule has 2 aromatic carbocycles. The van der Waals surface area contributed by atoms with Crippen molar-refractivity contribution in [2.45, 2.75) is 31.6 Å². The van der Waals surface area contributed by atoms with Crippen LogP contribution < -0.4 is 9.62 Å². The van der Waals surface area contributed by atoms with Crippen molar-refractivity contribution in [3.8, 4) is 0 Å². The molecule has 0 saturated heterocycles. The van der Waals surface area contributed by atoms with Crippen LogP contribution in [0.5, 0.6) is 0 Å². The van der Waals surface area contributed by atoms with Crippen molar-refractivity contribution in [2.24, 2.45) is 0 Å². The molecule has 1 amide bonds. The molecule has 9 nitrogen and oxygen atoms in total. The molecule has 3 aromatic rings. The molecule has 0 bridgehead atoms. The number of nitrogens with one attached hydrogen (secondary N) is 1. The van der Waals surface area contributed by atoms with E-state index in [1.54, 1.807) is 31.2 Å². The van der Waals surface area contributed by atoms with E-state index in [4.69, 9.17) is 9.26 Å². The zero-order valence-electron chi connectivity index (χ0n) is 18.4. The molecule has 10 heteroatoms. The lowest BCUT2D eigenvalue weighted by atomic mass is 10.2. The summed E-state index contributed by atoms with van der Waals surface area (Å²) in [5.74, 6) is -0.702. The number of anilines is 2. The van der Waals surface area contributed by atoms with Crippen LogP contribution in [0.3, 0.4) is 0 Å². The predicted octanol–water partition coefficient (Wildman–Crippen LogP) is 3.77. The summed E-state index contributed by atoms with van der Waals surface area (Å²) in [5.41, 5.74) is 0.559. The fourth-order valence-electron chi connectivity index (χ4n) is 3.01. The third-order valence-electron chi connectivity index (χ3n) is 4.65. The summed E-state index contributed by atoms with van der Waals surface area (Å²) in [5, 5.41) is 6.06. The Balaban J connectivity index is 1.73. The zero-order valence-corrected chi connectivity index (χ0v) is 19.2. The quantitative estimate of drug-likeness (QED) is 0.447. The van der Waals surface area contributed by atoms with Crippen LogP contribution in [0.4, 0.5) is 11.5 Å². The molecule has 0 aliphatic rings. The molecule has 0 unspecified atom stereocenters. The van der Waals surface area contributed by atoms with Gasteiger partial charge in [0.1, 0.15) is 5.76 Å². The SMILES string of the molecule is CCCCN(c1ccccc1)S(=O)(=O)c1cccc(C(=O)OCC(=O)Nc2cc(C)on2)c1. The van der Waals surface area contributed by atoms with Crippen LogP contribution in [0, 0.1) is 6.92 Å². The van der Waals surface area contributed by atoms with E-state index < -0.39 is 28.5 Å². The maximum atomic E-state index is 13.4. The summed E-state index contributed by atoms with van der Waals surface area (Å²) in [6.45, 7) is 3.39. The Labute approximate surface area is 192 Å². The first-order chi connectivity index (χ1) is 15.8. The molecule has 0 spiro atoms. The number of unbranched alkanes of at least 4 members (excludes halogenated alkanes) is 1. The number of esters is 1. The Hall–Kier alpha value is -3.66. The topological polar surface area (TPSA) is 119 Å². The fourth-order valence-corrected chi connectivity index (χ4v) is 4.56. The molecule has 0 radical (unpaired) electrons. The summed E-state index contributed by atoms with van der Waals surface area (Å²) in [4.78, 5) is 24.4. The molecular weight excluding hydrogens is 446 g/mol. The molecule has 174 valence electrons. The van der Waals surface area contributed by atoms with Crippen molar-refractivity contribution >= 4 is 33.4 Å².